The zero-order valence-corrected chi connectivity index (χ0v) is 39.2. The van der Waals surface area contributed by atoms with Crippen molar-refractivity contribution < 1.29 is 51.3 Å². The highest BCUT2D eigenvalue weighted by Crippen LogP contribution is 2.38. The predicted octanol–water partition coefficient (Wildman–Crippen LogP) is 10.9. The summed E-state index contributed by atoms with van der Waals surface area (Å²) in [5, 5.41) is 0. The smallest absolute Gasteiger partial charge is 0.306 e. The Hall–Kier alpha value is -3.08. The summed E-state index contributed by atoms with van der Waals surface area (Å²) in [6.45, 7) is 8.18. The molecule has 12 heteroatoms. The summed E-state index contributed by atoms with van der Waals surface area (Å²) in [5.41, 5.74) is 2.61. The molecule has 0 radical (unpaired) electrons. The lowest BCUT2D eigenvalue weighted by atomic mass is 10.0. The molecule has 0 aliphatic rings. The number of hydrogen-bond acceptors (Lipinski definition) is 10. The Morgan fingerprint density at radius 1 is 0.683 bits per heavy atom. The van der Waals surface area contributed by atoms with Crippen LogP contribution in [0.15, 0.2) is 53.0 Å². The van der Waals surface area contributed by atoms with Crippen LogP contribution in [0, 0.1) is 13.8 Å². The Morgan fingerprint density at radius 2 is 1.28 bits per heavy atom. The van der Waals surface area contributed by atoms with E-state index in [4.69, 9.17) is 22.9 Å². The summed E-state index contributed by atoms with van der Waals surface area (Å²) in [6, 6.07) is 0. The second-order valence-electron chi connectivity index (χ2n) is 16.7. The number of hydrogen-bond donors (Lipinski definition) is 0. The molecule has 11 nitrogen and oxygen atoms in total. The molecule has 0 fully saturated rings. The fourth-order valence-corrected chi connectivity index (χ4v) is 6.91. The Labute approximate surface area is 363 Å². The van der Waals surface area contributed by atoms with E-state index in [0.717, 1.165) is 101 Å². The highest BCUT2D eigenvalue weighted by atomic mass is 31.2. The van der Waals surface area contributed by atoms with Gasteiger partial charge in [-0.2, -0.15) is 0 Å². The Balaban J connectivity index is 2.39. The number of ketones is 1. The minimum absolute atomic E-state index is 0.0583. The van der Waals surface area contributed by atoms with Crippen LogP contribution in [0.3, 0.4) is 0 Å². The van der Waals surface area contributed by atoms with Crippen LogP contribution >= 0.6 is 7.82 Å². The number of carbonyl (C=O) groups excluding carboxylic acids is 3. The molecule has 1 aromatic rings. The number of phosphoric ester groups is 1. The number of phosphoric acid groups is 1. The Morgan fingerprint density at radius 3 is 1.95 bits per heavy atom. The molecule has 342 valence electrons. The summed E-state index contributed by atoms with van der Waals surface area (Å²) < 4.78 is 40.0. The number of nitrogens with zero attached hydrogens (tertiary/aromatic N) is 1. The summed E-state index contributed by atoms with van der Waals surface area (Å²) in [7, 11) is 1.07. The number of aryl methyl sites for hydroxylation is 2. The van der Waals surface area contributed by atoms with Gasteiger partial charge in [0.15, 0.2) is 11.9 Å². The van der Waals surface area contributed by atoms with Gasteiger partial charge in [-0.05, 0) is 82.4 Å². The first-order valence-corrected chi connectivity index (χ1v) is 24.1. The zero-order chi connectivity index (χ0) is 44.5. The van der Waals surface area contributed by atoms with Crippen molar-refractivity contribution in [2.45, 2.75) is 169 Å². The molecule has 0 bridgehead atoms. The number of quaternary nitrogens is 1. The van der Waals surface area contributed by atoms with Crippen LogP contribution in [0.2, 0.25) is 0 Å². The van der Waals surface area contributed by atoms with Gasteiger partial charge in [-0.3, -0.25) is 18.9 Å². The van der Waals surface area contributed by atoms with Crippen LogP contribution in [0.25, 0.3) is 0 Å². The lowest BCUT2D eigenvalue weighted by molar-refractivity contribution is -0.870. The zero-order valence-electron chi connectivity index (χ0n) is 38.4. The molecule has 60 heavy (non-hydrogen) atoms. The molecule has 2 atom stereocenters. The molecule has 0 N–H and O–H groups in total. The molecular formula is C48H80NO10P. The van der Waals surface area contributed by atoms with Gasteiger partial charge in [0.1, 0.15) is 31.3 Å². The molecule has 1 aromatic heterocycles. The Bertz CT molecular complexity index is 1500. The topological polar surface area (TPSA) is 141 Å². The fourth-order valence-electron chi connectivity index (χ4n) is 6.18. The van der Waals surface area contributed by atoms with Gasteiger partial charge in [0, 0.05) is 32.1 Å². The number of ether oxygens (including phenoxy) is 2. The first-order valence-electron chi connectivity index (χ1n) is 22.7. The summed E-state index contributed by atoms with van der Waals surface area (Å²) in [6.07, 6.45) is 32.6. The summed E-state index contributed by atoms with van der Waals surface area (Å²) in [4.78, 5) is 49.4. The molecule has 1 unspecified atom stereocenters. The maximum Gasteiger partial charge on any atom is 0.306 e. The van der Waals surface area contributed by atoms with Crippen LogP contribution in [-0.2, 0) is 50.3 Å². The second kappa shape index (κ2) is 33.5. The van der Waals surface area contributed by atoms with E-state index < -0.39 is 32.5 Å². The first-order chi connectivity index (χ1) is 28.7. The molecule has 0 amide bonds. The van der Waals surface area contributed by atoms with E-state index in [1.165, 1.54) is 17.5 Å². The largest absolute Gasteiger partial charge is 0.756 e. The van der Waals surface area contributed by atoms with Crippen LogP contribution in [0.1, 0.15) is 158 Å². The number of likely N-dealkylation sites (N-methyl/N-ethyl adjacent to an activating group) is 1. The molecular weight excluding hydrogens is 781 g/mol. The predicted molar refractivity (Wildman–Crippen MR) is 239 cm³/mol. The van der Waals surface area contributed by atoms with Crippen molar-refractivity contribution in [3.63, 3.8) is 0 Å². The molecule has 0 aliphatic carbocycles. The quantitative estimate of drug-likeness (QED) is 0.0121. The summed E-state index contributed by atoms with van der Waals surface area (Å²) in [5.74, 6) is 1.48. The molecule has 1 heterocycles. The van der Waals surface area contributed by atoms with Crippen LogP contribution in [0.4, 0.5) is 0 Å². The highest BCUT2D eigenvalue weighted by molar-refractivity contribution is 7.45. The number of esters is 2. The van der Waals surface area contributed by atoms with Crippen molar-refractivity contribution in [3.05, 3.63) is 71.3 Å². The van der Waals surface area contributed by atoms with E-state index >= 15 is 0 Å². The lowest BCUT2D eigenvalue weighted by Crippen LogP contribution is -2.37. The maximum absolute atomic E-state index is 12.7. The third-order valence-corrected chi connectivity index (χ3v) is 11.0. The normalized spacial score (nSPS) is 13.9. The van der Waals surface area contributed by atoms with Gasteiger partial charge < -0.3 is 32.3 Å². The van der Waals surface area contributed by atoms with Crippen molar-refractivity contribution in [1.29, 1.82) is 0 Å². The summed E-state index contributed by atoms with van der Waals surface area (Å²) >= 11 is 0. The van der Waals surface area contributed by atoms with Gasteiger partial charge in [-0.1, -0.05) is 108 Å². The van der Waals surface area contributed by atoms with Gasteiger partial charge in [0.25, 0.3) is 7.82 Å². The molecule has 0 aromatic carbocycles. The minimum atomic E-state index is -4.67. The van der Waals surface area contributed by atoms with E-state index in [0.29, 0.717) is 36.7 Å². The van der Waals surface area contributed by atoms with Gasteiger partial charge >= 0.3 is 11.9 Å². The molecule has 0 saturated carbocycles. The fraction of sp³-hybridized carbons (Fsp3) is 0.688. The van der Waals surface area contributed by atoms with E-state index in [2.05, 4.69) is 39.8 Å². The molecule has 0 spiro atoms. The number of carbonyl (C=O) groups is 3. The van der Waals surface area contributed by atoms with E-state index in [-0.39, 0.29) is 31.8 Å². The molecule has 0 saturated heterocycles. The maximum atomic E-state index is 12.7. The third-order valence-electron chi connectivity index (χ3n) is 10.0. The lowest BCUT2D eigenvalue weighted by Gasteiger charge is -2.28. The van der Waals surface area contributed by atoms with Gasteiger partial charge in [-0.25, -0.2) is 0 Å². The average Bonchev–Trinajstić information content (AvgIpc) is 3.45. The van der Waals surface area contributed by atoms with Crippen LogP contribution in [-0.4, -0.2) is 75.8 Å². The second-order valence-corrected chi connectivity index (χ2v) is 18.1. The molecule has 1 rings (SSSR count). The van der Waals surface area contributed by atoms with Crippen molar-refractivity contribution in [2.75, 3.05) is 47.5 Å². The van der Waals surface area contributed by atoms with Crippen molar-refractivity contribution in [1.82, 2.24) is 0 Å². The monoisotopic (exact) mass is 862 g/mol. The van der Waals surface area contributed by atoms with Crippen LogP contribution in [0.5, 0.6) is 0 Å². The standard InChI is InChI=1S/C48H80NO10P/c1-8-10-26-32-43(50)33-27-22-18-14-12-11-13-15-20-24-29-35-47(51)55-39-44(40-57-60(53,54)56-38-37-49(5,6)7)58-48(52)36-30-25-21-17-16-19-23-28-34-46-42(4)41(3)45(59-46)31-9-2/h11-12,15,18,20,22,27,33,44H,8-10,13-14,16-17,19,21,23-26,28-32,34-40H2,1-7H3/b12-11-,20-15-,22-18-,33-27+/t44-/m1/s1. The van der Waals surface area contributed by atoms with Crippen molar-refractivity contribution >= 4 is 25.5 Å². The van der Waals surface area contributed by atoms with E-state index in [1.54, 1.807) is 12.2 Å². The van der Waals surface area contributed by atoms with E-state index in [1.807, 2.05) is 45.4 Å². The number of rotatable bonds is 37. The van der Waals surface area contributed by atoms with Gasteiger partial charge in [0.2, 0.25) is 0 Å². The average molecular weight is 862 g/mol. The number of allylic oxidation sites excluding steroid dienone is 8. The number of furan rings is 1. The van der Waals surface area contributed by atoms with Crippen molar-refractivity contribution in [3.8, 4) is 0 Å². The minimum Gasteiger partial charge on any atom is -0.756 e. The van der Waals surface area contributed by atoms with E-state index in [9.17, 15) is 23.8 Å². The van der Waals surface area contributed by atoms with Crippen LogP contribution < -0.4 is 4.89 Å². The first kappa shape index (κ1) is 54.9. The molecule has 0 aliphatic heterocycles. The van der Waals surface area contributed by atoms with Gasteiger partial charge in [-0.15, -0.1) is 0 Å². The Kier molecular flexibility index (Phi) is 30.7. The SMILES string of the molecule is CCCCCC(=O)/C=C/C=C\C/C=C\C/C=C\CCCC(=O)OC[C@H](COP(=O)([O-])OCC[N+](C)(C)C)OC(=O)CCCCCCCCCCc1oc(CCC)c(C)c1C. The highest BCUT2D eigenvalue weighted by Gasteiger charge is 2.22. The van der Waals surface area contributed by atoms with Gasteiger partial charge in [0.05, 0.1) is 27.7 Å². The van der Waals surface area contributed by atoms with Crippen molar-refractivity contribution in [2.24, 2.45) is 0 Å². The third kappa shape index (κ3) is 30.0. The number of unbranched alkanes of at least 4 members (excludes halogenated alkanes) is 10.